The van der Waals surface area contributed by atoms with Crippen LogP contribution in [-0.4, -0.2) is 29.6 Å². The molecule has 0 aliphatic carbocycles. The number of hydrogen-bond acceptors (Lipinski definition) is 4. The fourth-order valence-corrected chi connectivity index (χ4v) is 2.18. The van der Waals surface area contributed by atoms with E-state index in [0.717, 1.165) is 44.2 Å². The van der Waals surface area contributed by atoms with E-state index in [4.69, 9.17) is 0 Å². The van der Waals surface area contributed by atoms with E-state index in [0.29, 0.717) is 0 Å². The SMILES string of the molecule is CCN(CC)c1nc(C)c2c(n1)CNCC2. The molecule has 0 saturated carbocycles. The highest BCUT2D eigenvalue weighted by molar-refractivity contribution is 5.37. The Bertz CT molecular complexity index is 372. The first-order valence-corrected chi connectivity index (χ1v) is 6.08. The summed E-state index contributed by atoms with van der Waals surface area (Å²) in [7, 11) is 0. The number of nitrogens with one attached hydrogen (secondary N) is 1. The van der Waals surface area contributed by atoms with Crippen LogP contribution in [0.4, 0.5) is 5.95 Å². The van der Waals surface area contributed by atoms with Crippen LogP contribution in [0.3, 0.4) is 0 Å². The maximum Gasteiger partial charge on any atom is 0.225 e. The Morgan fingerprint density at radius 1 is 1.25 bits per heavy atom. The van der Waals surface area contributed by atoms with Gasteiger partial charge in [0.15, 0.2) is 0 Å². The Labute approximate surface area is 97.1 Å². The lowest BCUT2D eigenvalue weighted by atomic mass is 10.1. The average Bonchev–Trinajstić information content (AvgIpc) is 2.31. The molecule has 0 spiro atoms. The Kier molecular flexibility index (Phi) is 3.39. The third kappa shape index (κ3) is 2.02. The summed E-state index contributed by atoms with van der Waals surface area (Å²) in [6.07, 6.45) is 1.06. The molecule has 0 amide bonds. The van der Waals surface area contributed by atoms with Gasteiger partial charge in [-0.2, -0.15) is 0 Å². The van der Waals surface area contributed by atoms with Crippen molar-refractivity contribution < 1.29 is 0 Å². The lowest BCUT2D eigenvalue weighted by Crippen LogP contribution is -2.29. The minimum atomic E-state index is 0.880. The average molecular weight is 220 g/mol. The summed E-state index contributed by atoms with van der Waals surface area (Å²) in [4.78, 5) is 11.5. The molecule has 2 rings (SSSR count). The topological polar surface area (TPSA) is 41.1 Å². The molecule has 0 aromatic carbocycles. The Morgan fingerprint density at radius 3 is 2.69 bits per heavy atom. The molecule has 4 nitrogen and oxygen atoms in total. The Morgan fingerprint density at radius 2 is 2.00 bits per heavy atom. The zero-order valence-corrected chi connectivity index (χ0v) is 10.4. The number of hydrogen-bond donors (Lipinski definition) is 1. The molecule has 16 heavy (non-hydrogen) atoms. The van der Waals surface area contributed by atoms with Gasteiger partial charge in [-0.1, -0.05) is 0 Å². The van der Waals surface area contributed by atoms with Crippen LogP contribution < -0.4 is 10.2 Å². The third-order valence-electron chi connectivity index (χ3n) is 3.18. The third-order valence-corrected chi connectivity index (χ3v) is 3.18. The summed E-state index contributed by atoms with van der Waals surface area (Å²) in [6, 6.07) is 0. The van der Waals surface area contributed by atoms with Crippen molar-refractivity contribution in [1.29, 1.82) is 0 Å². The van der Waals surface area contributed by atoms with Crippen molar-refractivity contribution in [3.8, 4) is 0 Å². The van der Waals surface area contributed by atoms with E-state index in [1.165, 1.54) is 11.3 Å². The van der Waals surface area contributed by atoms with Gasteiger partial charge in [-0.15, -0.1) is 0 Å². The van der Waals surface area contributed by atoms with E-state index < -0.39 is 0 Å². The summed E-state index contributed by atoms with van der Waals surface area (Å²) >= 11 is 0. The summed E-state index contributed by atoms with van der Waals surface area (Å²) in [5.74, 6) is 0.880. The quantitative estimate of drug-likeness (QED) is 0.833. The first-order chi connectivity index (χ1) is 7.76. The number of fused-ring (bicyclic) bond motifs is 1. The predicted octanol–water partition coefficient (Wildman–Crippen LogP) is 1.28. The molecule has 1 aromatic rings. The van der Waals surface area contributed by atoms with Crippen LogP contribution >= 0.6 is 0 Å². The normalized spacial score (nSPS) is 14.7. The fourth-order valence-electron chi connectivity index (χ4n) is 2.18. The molecule has 1 N–H and O–H groups in total. The maximum atomic E-state index is 4.67. The predicted molar refractivity (Wildman–Crippen MR) is 65.7 cm³/mol. The number of anilines is 1. The van der Waals surface area contributed by atoms with Gasteiger partial charge in [-0.3, -0.25) is 0 Å². The molecule has 1 aromatic heterocycles. The van der Waals surface area contributed by atoms with Crippen molar-refractivity contribution in [2.45, 2.75) is 33.7 Å². The highest BCUT2D eigenvalue weighted by Crippen LogP contribution is 2.18. The molecule has 1 aliphatic heterocycles. The van der Waals surface area contributed by atoms with Crippen LogP contribution in [0, 0.1) is 6.92 Å². The lowest BCUT2D eigenvalue weighted by molar-refractivity contribution is 0.616. The van der Waals surface area contributed by atoms with Gasteiger partial charge in [0.1, 0.15) is 0 Å². The van der Waals surface area contributed by atoms with E-state index in [1.54, 1.807) is 0 Å². The van der Waals surface area contributed by atoms with Crippen LogP contribution in [0.15, 0.2) is 0 Å². The first kappa shape index (κ1) is 11.3. The van der Waals surface area contributed by atoms with Crippen molar-refractivity contribution >= 4 is 5.95 Å². The summed E-state index contributed by atoms with van der Waals surface area (Å²) in [5.41, 5.74) is 3.67. The van der Waals surface area contributed by atoms with Gasteiger partial charge < -0.3 is 10.2 Å². The van der Waals surface area contributed by atoms with E-state index in [9.17, 15) is 0 Å². The molecule has 0 fully saturated rings. The van der Waals surface area contributed by atoms with E-state index in [-0.39, 0.29) is 0 Å². The van der Waals surface area contributed by atoms with Crippen molar-refractivity contribution in [3.63, 3.8) is 0 Å². The van der Waals surface area contributed by atoms with Gasteiger partial charge in [0.05, 0.1) is 5.69 Å². The van der Waals surface area contributed by atoms with Crippen molar-refractivity contribution in [2.75, 3.05) is 24.5 Å². The molecular weight excluding hydrogens is 200 g/mol. The molecule has 0 unspecified atom stereocenters. The summed E-state index contributed by atoms with van der Waals surface area (Å²) in [6.45, 7) is 10.2. The van der Waals surface area contributed by atoms with Gasteiger partial charge >= 0.3 is 0 Å². The summed E-state index contributed by atoms with van der Waals surface area (Å²) < 4.78 is 0. The zero-order chi connectivity index (χ0) is 11.5. The van der Waals surface area contributed by atoms with Crippen molar-refractivity contribution in [2.24, 2.45) is 0 Å². The second-order valence-electron chi connectivity index (χ2n) is 4.13. The molecule has 0 atom stereocenters. The second kappa shape index (κ2) is 4.78. The Balaban J connectivity index is 2.38. The smallest absolute Gasteiger partial charge is 0.225 e. The minimum Gasteiger partial charge on any atom is -0.341 e. The van der Waals surface area contributed by atoms with Crippen LogP contribution in [-0.2, 0) is 13.0 Å². The van der Waals surface area contributed by atoms with E-state index in [1.807, 2.05) is 0 Å². The second-order valence-corrected chi connectivity index (χ2v) is 4.13. The van der Waals surface area contributed by atoms with Crippen molar-refractivity contribution in [1.82, 2.24) is 15.3 Å². The first-order valence-electron chi connectivity index (χ1n) is 6.08. The largest absolute Gasteiger partial charge is 0.341 e. The van der Waals surface area contributed by atoms with Gasteiger partial charge in [0.2, 0.25) is 5.95 Å². The highest BCUT2D eigenvalue weighted by Gasteiger charge is 2.16. The van der Waals surface area contributed by atoms with Crippen LogP contribution in [0.2, 0.25) is 0 Å². The van der Waals surface area contributed by atoms with Gasteiger partial charge in [0.25, 0.3) is 0 Å². The summed E-state index contributed by atoms with van der Waals surface area (Å²) in [5, 5.41) is 3.36. The van der Waals surface area contributed by atoms with Gasteiger partial charge in [-0.25, -0.2) is 9.97 Å². The standard InChI is InChI=1S/C12H20N4/c1-4-16(5-2)12-14-9(3)10-6-7-13-8-11(10)15-12/h13H,4-8H2,1-3H3. The Hall–Kier alpha value is -1.16. The molecule has 2 heterocycles. The minimum absolute atomic E-state index is 0.880. The number of nitrogens with zero attached hydrogens (tertiary/aromatic N) is 3. The van der Waals surface area contributed by atoms with Gasteiger partial charge in [0, 0.05) is 25.3 Å². The molecule has 0 saturated heterocycles. The molecular formula is C12H20N4. The van der Waals surface area contributed by atoms with Crippen LogP contribution in [0.1, 0.15) is 30.8 Å². The van der Waals surface area contributed by atoms with E-state index >= 15 is 0 Å². The molecule has 88 valence electrons. The molecule has 0 bridgehead atoms. The number of aryl methyl sites for hydroxylation is 1. The van der Waals surface area contributed by atoms with Crippen LogP contribution in [0.5, 0.6) is 0 Å². The van der Waals surface area contributed by atoms with Gasteiger partial charge in [-0.05, 0) is 39.3 Å². The number of rotatable bonds is 3. The molecule has 4 heteroatoms. The molecule has 0 radical (unpaired) electrons. The lowest BCUT2D eigenvalue weighted by Gasteiger charge is -2.23. The van der Waals surface area contributed by atoms with E-state index in [2.05, 4.69) is 41.0 Å². The monoisotopic (exact) mass is 220 g/mol. The van der Waals surface area contributed by atoms with Crippen LogP contribution in [0.25, 0.3) is 0 Å². The van der Waals surface area contributed by atoms with Crippen molar-refractivity contribution in [3.05, 3.63) is 17.0 Å². The molecule has 1 aliphatic rings. The number of aromatic nitrogens is 2. The maximum absolute atomic E-state index is 4.67. The zero-order valence-electron chi connectivity index (χ0n) is 10.4. The fraction of sp³-hybridized carbons (Fsp3) is 0.667. The highest BCUT2D eigenvalue weighted by atomic mass is 15.2.